The van der Waals surface area contributed by atoms with E-state index in [2.05, 4.69) is 34.3 Å². The van der Waals surface area contributed by atoms with E-state index in [1.807, 2.05) is 6.92 Å². The Labute approximate surface area is 387 Å². The van der Waals surface area contributed by atoms with Crippen LogP contribution in [-0.4, -0.2) is 180 Å². The number of ether oxygens (including phenoxy) is 6. The van der Waals surface area contributed by atoms with Crippen LogP contribution in [0.2, 0.25) is 0 Å². The molecule has 11 N–H and O–H groups in total. The molecule has 0 spiro atoms. The van der Waals surface area contributed by atoms with E-state index in [1.165, 1.54) is 6.92 Å². The SMILES string of the molecule is C=C(C)[C@@H]1CC[C@]2(C(=O)O[C@@H]3O[C@H](CO[C@@H]4O[C@H](CO)[C@@H](O[C@@H]5O[C@@H](C)[C@H](O)[C@@H](O)[C@H]5O)[C@H](O)[C@H]4O)[C@@H](O)[C@H](O)[C@H]3O)CC[C@]3(C)[C@H](CC[C@@H]4[C@@]5(C)CC[C@H](O)[C@@](C)(CO)[C@@H]5CC[C@]43C)[C@@H]12. The fourth-order valence-electron chi connectivity index (χ4n) is 15.7. The number of fused-ring (bicyclic) bond motifs is 7. The van der Waals surface area contributed by atoms with Crippen LogP contribution in [0.5, 0.6) is 0 Å². The molecule has 5 saturated carbocycles. The molecule has 0 aromatic heterocycles. The maximum absolute atomic E-state index is 15.0. The van der Waals surface area contributed by atoms with Gasteiger partial charge in [0.2, 0.25) is 6.29 Å². The summed E-state index contributed by atoms with van der Waals surface area (Å²) in [6.45, 7) is 15.8. The lowest BCUT2D eigenvalue weighted by atomic mass is 9.32. The third-order valence-corrected chi connectivity index (χ3v) is 19.8. The van der Waals surface area contributed by atoms with Crippen LogP contribution >= 0.6 is 0 Å². The first kappa shape index (κ1) is 50.9. The Morgan fingerprint density at radius 2 is 1.30 bits per heavy atom. The van der Waals surface area contributed by atoms with E-state index >= 15 is 0 Å². The molecule has 0 aromatic carbocycles. The van der Waals surface area contributed by atoms with Crippen molar-refractivity contribution in [2.45, 2.75) is 204 Å². The minimum absolute atomic E-state index is 0.0378. The number of carbonyl (C=O) groups excluding carboxylic acids is 1. The number of aliphatic hydroxyl groups excluding tert-OH is 11. The van der Waals surface area contributed by atoms with Crippen LogP contribution in [-0.2, 0) is 33.2 Å². The molecule has 8 rings (SSSR count). The monoisotopic (exact) mass is 943 g/mol. The highest BCUT2D eigenvalue weighted by Gasteiger charge is 2.73. The second-order valence-corrected chi connectivity index (χ2v) is 22.8. The van der Waals surface area contributed by atoms with Gasteiger partial charge in [-0.2, -0.15) is 0 Å². The first-order valence-corrected chi connectivity index (χ1v) is 24.4. The van der Waals surface area contributed by atoms with Crippen LogP contribution in [0.25, 0.3) is 0 Å². The smallest absolute Gasteiger partial charge is 0.314 e. The van der Waals surface area contributed by atoms with Crippen LogP contribution in [0, 0.1) is 56.7 Å². The Morgan fingerprint density at radius 3 is 1.97 bits per heavy atom. The molecule has 8 fully saturated rings. The van der Waals surface area contributed by atoms with Crippen LogP contribution in [0.15, 0.2) is 12.2 Å². The van der Waals surface area contributed by atoms with E-state index in [1.54, 1.807) is 0 Å². The normalized spacial score (nSPS) is 56.0. The summed E-state index contributed by atoms with van der Waals surface area (Å²) in [5, 5.41) is 118. The number of esters is 1. The molecule has 0 unspecified atom stereocenters. The Balaban J connectivity index is 0.965. The third kappa shape index (κ3) is 7.69. The molecule has 378 valence electrons. The molecule has 5 aliphatic carbocycles. The Hall–Kier alpha value is -1.43. The van der Waals surface area contributed by atoms with Gasteiger partial charge >= 0.3 is 5.97 Å². The predicted octanol–water partition coefficient (Wildman–Crippen LogP) is -0.00360. The van der Waals surface area contributed by atoms with Gasteiger partial charge in [0.05, 0.1) is 37.4 Å². The summed E-state index contributed by atoms with van der Waals surface area (Å²) < 4.78 is 34.7. The summed E-state index contributed by atoms with van der Waals surface area (Å²) in [7, 11) is 0. The van der Waals surface area contributed by atoms with E-state index in [-0.39, 0.29) is 46.5 Å². The Morgan fingerprint density at radius 1 is 0.652 bits per heavy atom. The molecule has 8 aliphatic rings. The van der Waals surface area contributed by atoms with Crippen LogP contribution in [0.1, 0.15) is 106 Å². The molecule has 26 atom stereocenters. The molecule has 0 aromatic rings. The van der Waals surface area contributed by atoms with Crippen molar-refractivity contribution in [2.75, 3.05) is 19.8 Å². The zero-order valence-corrected chi connectivity index (χ0v) is 39.3. The number of aliphatic hydroxyl groups is 11. The minimum atomic E-state index is -1.85. The molecule has 3 saturated heterocycles. The molecule has 0 bridgehead atoms. The third-order valence-electron chi connectivity index (χ3n) is 19.8. The summed E-state index contributed by atoms with van der Waals surface area (Å²) >= 11 is 0. The number of hydrogen-bond acceptors (Lipinski definition) is 18. The first-order chi connectivity index (χ1) is 30.9. The fraction of sp³-hybridized carbons (Fsp3) is 0.938. The van der Waals surface area contributed by atoms with E-state index in [0.29, 0.717) is 25.2 Å². The summed E-state index contributed by atoms with van der Waals surface area (Å²) in [5.74, 6) is 0.0482. The van der Waals surface area contributed by atoms with Crippen molar-refractivity contribution in [1.82, 2.24) is 0 Å². The summed E-state index contributed by atoms with van der Waals surface area (Å²) in [5.41, 5.74) is -0.817. The second kappa shape index (κ2) is 18.3. The maximum Gasteiger partial charge on any atom is 0.314 e. The zero-order chi connectivity index (χ0) is 48.2. The zero-order valence-electron chi connectivity index (χ0n) is 39.3. The first-order valence-electron chi connectivity index (χ1n) is 24.4. The minimum Gasteiger partial charge on any atom is -0.432 e. The Kier molecular flexibility index (Phi) is 14.1. The van der Waals surface area contributed by atoms with Crippen molar-refractivity contribution in [2.24, 2.45) is 56.7 Å². The van der Waals surface area contributed by atoms with Gasteiger partial charge in [-0.05, 0) is 124 Å². The van der Waals surface area contributed by atoms with E-state index in [0.717, 1.165) is 50.5 Å². The molecule has 18 heteroatoms. The lowest BCUT2D eigenvalue weighted by Gasteiger charge is -2.72. The highest BCUT2D eigenvalue weighted by Crippen LogP contribution is 2.77. The van der Waals surface area contributed by atoms with Gasteiger partial charge in [-0.15, -0.1) is 0 Å². The molecule has 18 nitrogen and oxygen atoms in total. The lowest BCUT2D eigenvalue weighted by molar-refractivity contribution is -0.361. The molecular weight excluding hydrogens is 865 g/mol. The maximum atomic E-state index is 15.0. The van der Waals surface area contributed by atoms with Gasteiger partial charge in [0.15, 0.2) is 12.6 Å². The predicted molar refractivity (Wildman–Crippen MR) is 230 cm³/mol. The van der Waals surface area contributed by atoms with Gasteiger partial charge in [-0.1, -0.05) is 39.8 Å². The molecule has 3 aliphatic heterocycles. The van der Waals surface area contributed by atoms with Crippen LogP contribution in [0.3, 0.4) is 0 Å². The average Bonchev–Trinajstić information content (AvgIpc) is 3.69. The average molecular weight is 943 g/mol. The molecule has 66 heavy (non-hydrogen) atoms. The van der Waals surface area contributed by atoms with Gasteiger partial charge in [-0.3, -0.25) is 4.79 Å². The standard InChI is InChI=1S/C48H78O18/c1-21(2)23-10-15-48(17-16-46(6)24(30(23)48)8-9-28-44(4)13-12-29(51)45(5,20-50)27(44)11-14-47(28,46)7)43(60)66-42-37(58)34(55)32(53)26(64-42)19-61-40-38(59)35(56)39(25(18-49)63-40)65-41-36(57)33(54)31(52)22(3)62-41/h22-42,49-59H,1,8-20H2,2-7H3/t22-,23-,24+,25+,26+,27+,28+,29-,30+,31-,32+,33+,34-,35+,36+,37+,38+,39+,40+,41-,42-,44-,45-,46+,47+,48-/m0/s1. The number of carbonyl (C=O) groups is 1. The second-order valence-electron chi connectivity index (χ2n) is 22.8. The summed E-state index contributed by atoms with van der Waals surface area (Å²) in [6.07, 6.45) is -16.9. The highest BCUT2D eigenvalue weighted by molar-refractivity contribution is 5.78. The highest BCUT2D eigenvalue weighted by atomic mass is 16.8. The molecule has 0 amide bonds. The van der Waals surface area contributed by atoms with Crippen molar-refractivity contribution in [1.29, 1.82) is 0 Å². The van der Waals surface area contributed by atoms with Gasteiger partial charge in [-0.25, -0.2) is 0 Å². The number of rotatable bonds is 10. The van der Waals surface area contributed by atoms with Crippen LogP contribution in [0.4, 0.5) is 0 Å². The molecule has 3 heterocycles. The number of hydrogen-bond donors (Lipinski definition) is 11. The summed E-state index contributed by atoms with van der Waals surface area (Å²) in [4.78, 5) is 15.0. The van der Waals surface area contributed by atoms with Gasteiger partial charge in [0, 0.05) is 5.41 Å². The molecular formula is C48H78O18. The molecule has 0 radical (unpaired) electrons. The Bertz CT molecular complexity index is 1770. The quantitative estimate of drug-likeness (QED) is 0.101. The fourth-order valence-corrected chi connectivity index (χ4v) is 15.7. The largest absolute Gasteiger partial charge is 0.432 e. The van der Waals surface area contributed by atoms with Crippen molar-refractivity contribution < 1.29 is 89.4 Å². The van der Waals surface area contributed by atoms with Gasteiger partial charge in [0.1, 0.15) is 67.1 Å². The van der Waals surface area contributed by atoms with E-state index in [9.17, 15) is 61.0 Å². The van der Waals surface area contributed by atoms with Crippen molar-refractivity contribution in [3.05, 3.63) is 12.2 Å². The van der Waals surface area contributed by atoms with Crippen LogP contribution < -0.4 is 0 Å². The van der Waals surface area contributed by atoms with Gasteiger partial charge in [0.25, 0.3) is 0 Å². The van der Waals surface area contributed by atoms with Crippen molar-refractivity contribution in [3.63, 3.8) is 0 Å². The van der Waals surface area contributed by atoms with Gasteiger partial charge < -0.3 is 84.6 Å². The van der Waals surface area contributed by atoms with Crippen molar-refractivity contribution in [3.8, 4) is 0 Å². The lowest BCUT2D eigenvalue weighted by Crippen LogP contribution is -2.68. The van der Waals surface area contributed by atoms with Crippen molar-refractivity contribution >= 4 is 5.97 Å². The van der Waals surface area contributed by atoms with E-state index < -0.39 is 128 Å². The topological polar surface area (TPSA) is 295 Å². The summed E-state index contributed by atoms with van der Waals surface area (Å²) in [6, 6.07) is 0. The number of allylic oxidation sites excluding steroid dienone is 1. The van der Waals surface area contributed by atoms with E-state index in [4.69, 9.17) is 28.4 Å².